The van der Waals surface area contributed by atoms with E-state index < -0.39 is 41.0 Å². The number of hydrogen-bond acceptors (Lipinski definition) is 4. The van der Waals surface area contributed by atoms with Gasteiger partial charge in [0.15, 0.2) is 0 Å². The van der Waals surface area contributed by atoms with Crippen molar-refractivity contribution in [2.75, 3.05) is 45.8 Å². The van der Waals surface area contributed by atoms with E-state index in [2.05, 4.69) is 9.80 Å². The Morgan fingerprint density at radius 2 is 1.40 bits per heavy atom. The smallest absolute Gasteiger partial charge is 0.333 e. The van der Waals surface area contributed by atoms with Gasteiger partial charge in [0.2, 0.25) is 0 Å². The molecule has 0 saturated carbocycles. The number of halogens is 6. The van der Waals surface area contributed by atoms with Crippen LogP contribution in [0, 0.1) is 19.8 Å². The van der Waals surface area contributed by atoms with Crippen molar-refractivity contribution < 1.29 is 35.9 Å². The molecule has 2 fully saturated rings. The molecule has 0 spiro atoms. The van der Waals surface area contributed by atoms with Crippen molar-refractivity contribution >= 4 is 11.7 Å². The van der Waals surface area contributed by atoms with Gasteiger partial charge in [-0.05, 0) is 108 Å². The highest BCUT2D eigenvalue weighted by molar-refractivity contribution is 5.95. The third-order valence-corrected chi connectivity index (χ3v) is 8.82. The van der Waals surface area contributed by atoms with Gasteiger partial charge in [0.25, 0.3) is 5.91 Å². The van der Waals surface area contributed by atoms with Gasteiger partial charge in [-0.2, -0.15) is 26.3 Å². The van der Waals surface area contributed by atoms with Crippen LogP contribution in [0.1, 0.15) is 64.4 Å². The molecular weight excluding hydrogens is 572 g/mol. The van der Waals surface area contributed by atoms with Crippen molar-refractivity contribution in [3.8, 4) is 0 Å². The van der Waals surface area contributed by atoms with Gasteiger partial charge in [-0.15, -0.1) is 0 Å². The Labute approximate surface area is 248 Å². The molecule has 0 aromatic heterocycles. The Hall–Kier alpha value is -2.92. The molecule has 2 aromatic carbocycles. The maximum Gasteiger partial charge on any atom is 0.416 e. The van der Waals surface area contributed by atoms with Gasteiger partial charge < -0.3 is 9.80 Å². The van der Waals surface area contributed by atoms with Crippen LogP contribution < -0.4 is 0 Å². The molecule has 1 atom stereocenters. The van der Waals surface area contributed by atoms with Gasteiger partial charge in [-0.1, -0.05) is 18.2 Å². The van der Waals surface area contributed by atoms with Crippen molar-refractivity contribution in [2.45, 2.75) is 64.8 Å². The van der Waals surface area contributed by atoms with E-state index in [0.29, 0.717) is 31.6 Å². The number of aryl methyl sites for hydroxylation is 2. The first-order chi connectivity index (χ1) is 20.1. The number of carbonyl (C=O) groups is 2. The van der Waals surface area contributed by atoms with E-state index in [0.717, 1.165) is 62.1 Å². The number of rotatable bonds is 8. The fourth-order valence-electron chi connectivity index (χ4n) is 6.09. The third kappa shape index (κ3) is 8.59. The molecule has 5 nitrogen and oxygen atoms in total. The van der Waals surface area contributed by atoms with Crippen LogP contribution in [0.5, 0.6) is 0 Å². The van der Waals surface area contributed by atoms with Crippen LogP contribution in [0.3, 0.4) is 0 Å². The van der Waals surface area contributed by atoms with Crippen LogP contribution in [0.25, 0.3) is 0 Å². The summed E-state index contributed by atoms with van der Waals surface area (Å²) in [6, 6.07) is 6.57. The lowest BCUT2D eigenvalue weighted by Gasteiger charge is -2.42. The number of amides is 1. The molecule has 2 heterocycles. The number of likely N-dealkylation sites (tertiary alicyclic amines) is 1. The standard InChI is InChI=1S/C32H39F6N3O2/c1-21-5-6-24(15-22(21)2)16-29-20-40(10-4-9-39-11-7-25(8-12-39)23(3)42)13-14-41(29)30(43)26-17-27(31(33,34)35)19-28(18-26)32(36,37)38/h5-6,15,17-19,25,29H,4,7-14,16,20H2,1-3H3/t29-/m1/s1. The minimum Gasteiger partial charge on any atom is -0.333 e. The van der Waals surface area contributed by atoms with Gasteiger partial charge in [-0.3, -0.25) is 14.5 Å². The second-order valence-electron chi connectivity index (χ2n) is 12.0. The first-order valence-electron chi connectivity index (χ1n) is 14.7. The monoisotopic (exact) mass is 611 g/mol. The molecule has 2 aromatic rings. The Morgan fingerprint density at radius 1 is 0.791 bits per heavy atom. The summed E-state index contributed by atoms with van der Waals surface area (Å²) in [4.78, 5) is 31.3. The Morgan fingerprint density at radius 3 is 1.95 bits per heavy atom. The van der Waals surface area contributed by atoms with E-state index >= 15 is 0 Å². The zero-order valence-electron chi connectivity index (χ0n) is 24.8. The fourth-order valence-corrected chi connectivity index (χ4v) is 6.09. The number of Topliss-reactive ketones (excluding diaryl/α,β-unsaturated/α-hetero) is 1. The van der Waals surface area contributed by atoms with E-state index in [4.69, 9.17) is 0 Å². The number of carbonyl (C=O) groups excluding carboxylic acids is 2. The highest BCUT2D eigenvalue weighted by Crippen LogP contribution is 2.37. The average molecular weight is 612 g/mol. The molecule has 0 radical (unpaired) electrons. The normalized spacial score (nSPS) is 19.6. The van der Waals surface area contributed by atoms with Crippen LogP contribution in [-0.4, -0.2) is 78.2 Å². The summed E-state index contributed by atoms with van der Waals surface area (Å²) in [6.45, 7) is 10.1. The van der Waals surface area contributed by atoms with Gasteiger partial charge in [0, 0.05) is 37.2 Å². The number of benzene rings is 2. The van der Waals surface area contributed by atoms with E-state index in [1.807, 2.05) is 32.0 Å². The summed E-state index contributed by atoms with van der Waals surface area (Å²) in [5.41, 5.74) is -0.511. The van der Waals surface area contributed by atoms with E-state index in [-0.39, 0.29) is 24.3 Å². The number of ketones is 1. The maximum atomic E-state index is 13.6. The predicted molar refractivity (Wildman–Crippen MR) is 152 cm³/mol. The molecule has 0 bridgehead atoms. The summed E-state index contributed by atoms with van der Waals surface area (Å²) in [5, 5.41) is 0. The SMILES string of the molecule is CC(=O)C1CCN(CCCN2CCN(C(=O)c3cc(C(F)(F)F)cc(C(F)(F)F)c3)[C@H](Cc3ccc(C)c(C)c3)C2)CC1. The Kier molecular flexibility index (Phi) is 10.3. The minimum absolute atomic E-state index is 0.0455. The largest absolute Gasteiger partial charge is 0.416 e. The predicted octanol–water partition coefficient (Wildman–Crippen LogP) is 6.40. The topological polar surface area (TPSA) is 43.9 Å². The second-order valence-corrected chi connectivity index (χ2v) is 12.0. The number of alkyl halides is 6. The van der Waals surface area contributed by atoms with Crippen molar-refractivity contribution in [1.82, 2.24) is 14.7 Å². The zero-order valence-corrected chi connectivity index (χ0v) is 24.8. The molecule has 2 aliphatic heterocycles. The molecule has 1 amide bonds. The van der Waals surface area contributed by atoms with Crippen LogP contribution in [0.15, 0.2) is 36.4 Å². The van der Waals surface area contributed by atoms with Gasteiger partial charge in [0.05, 0.1) is 11.1 Å². The van der Waals surface area contributed by atoms with E-state index in [1.54, 1.807) is 6.92 Å². The highest BCUT2D eigenvalue weighted by atomic mass is 19.4. The molecule has 11 heteroatoms. The Balaban J connectivity index is 1.51. The summed E-state index contributed by atoms with van der Waals surface area (Å²) in [6.07, 6.45) is -7.05. The third-order valence-electron chi connectivity index (χ3n) is 8.82. The fraction of sp³-hybridized carbons (Fsp3) is 0.562. The second kappa shape index (κ2) is 13.4. The lowest BCUT2D eigenvalue weighted by Crippen LogP contribution is -2.56. The zero-order chi connectivity index (χ0) is 31.5. The Bertz CT molecular complexity index is 1270. The quantitative estimate of drug-likeness (QED) is 0.324. The summed E-state index contributed by atoms with van der Waals surface area (Å²) < 4.78 is 81.1. The van der Waals surface area contributed by atoms with Gasteiger partial charge in [-0.25, -0.2) is 0 Å². The number of nitrogens with zero attached hydrogens (tertiary/aromatic N) is 3. The first-order valence-corrected chi connectivity index (χ1v) is 14.7. The first kappa shape index (κ1) is 33.0. The molecule has 0 N–H and O–H groups in total. The van der Waals surface area contributed by atoms with E-state index in [1.165, 1.54) is 4.90 Å². The van der Waals surface area contributed by atoms with Crippen LogP contribution >= 0.6 is 0 Å². The lowest BCUT2D eigenvalue weighted by atomic mass is 9.93. The van der Waals surface area contributed by atoms with Gasteiger partial charge >= 0.3 is 12.4 Å². The molecule has 4 rings (SSSR count). The molecule has 0 aliphatic carbocycles. The van der Waals surface area contributed by atoms with Crippen molar-refractivity contribution in [3.05, 3.63) is 69.8 Å². The van der Waals surface area contributed by atoms with Crippen molar-refractivity contribution in [1.29, 1.82) is 0 Å². The van der Waals surface area contributed by atoms with Crippen molar-refractivity contribution in [3.63, 3.8) is 0 Å². The lowest BCUT2D eigenvalue weighted by molar-refractivity contribution is -0.143. The molecular formula is C32H39F6N3O2. The number of piperidine rings is 1. The summed E-state index contributed by atoms with van der Waals surface area (Å²) in [5.74, 6) is -0.461. The van der Waals surface area contributed by atoms with E-state index in [9.17, 15) is 35.9 Å². The van der Waals surface area contributed by atoms with Crippen LogP contribution in [0.2, 0.25) is 0 Å². The minimum atomic E-state index is -5.03. The van der Waals surface area contributed by atoms with Gasteiger partial charge in [0.1, 0.15) is 5.78 Å². The average Bonchev–Trinajstić information content (AvgIpc) is 2.94. The van der Waals surface area contributed by atoms with Crippen molar-refractivity contribution in [2.24, 2.45) is 5.92 Å². The molecule has 236 valence electrons. The summed E-state index contributed by atoms with van der Waals surface area (Å²) in [7, 11) is 0. The maximum absolute atomic E-state index is 13.6. The van der Waals surface area contributed by atoms with Crippen LogP contribution in [0.4, 0.5) is 26.3 Å². The molecule has 2 saturated heterocycles. The summed E-state index contributed by atoms with van der Waals surface area (Å²) >= 11 is 0. The molecule has 0 unspecified atom stereocenters. The highest BCUT2D eigenvalue weighted by Gasteiger charge is 2.39. The number of piperazine rings is 1. The molecule has 2 aliphatic rings. The number of hydrogen-bond donors (Lipinski definition) is 0. The van der Waals surface area contributed by atoms with Crippen LogP contribution in [-0.2, 0) is 23.6 Å². The molecule has 43 heavy (non-hydrogen) atoms.